The van der Waals surface area contributed by atoms with Crippen molar-refractivity contribution in [3.63, 3.8) is 0 Å². The predicted octanol–water partition coefficient (Wildman–Crippen LogP) is 2.29. The van der Waals surface area contributed by atoms with E-state index in [9.17, 15) is 4.79 Å². The molecule has 1 aromatic rings. The highest BCUT2D eigenvalue weighted by Crippen LogP contribution is 2.22. The maximum absolute atomic E-state index is 12.5. The first-order valence-corrected chi connectivity index (χ1v) is 7.82. The molecule has 0 aliphatic carbocycles. The number of carbonyl (C=O) groups excluding carboxylic acids is 1. The van der Waals surface area contributed by atoms with Crippen LogP contribution in [-0.2, 0) is 6.54 Å². The number of nitrogens with zero attached hydrogens (tertiary/aromatic N) is 3. The highest BCUT2D eigenvalue weighted by Gasteiger charge is 2.21. The normalized spacial score (nSPS) is 13.1. The van der Waals surface area contributed by atoms with Gasteiger partial charge in [0.15, 0.2) is 5.78 Å². The Morgan fingerprint density at radius 1 is 1.48 bits per heavy atom. The van der Waals surface area contributed by atoms with E-state index in [1.54, 1.807) is 10.9 Å². The summed E-state index contributed by atoms with van der Waals surface area (Å²) in [5.74, 6) is 0.763. The van der Waals surface area contributed by atoms with Crippen LogP contribution in [0.4, 0.5) is 0 Å². The van der Waals surface area contributed by atoms with Crippen molar-refractivity contribution >= 4 is 17.4 Å². The van der Waals surface area contributed by atoms with Crippen LogP contribution in [0.1, 0.15) is 37.2 Å². The molecule has 0 radical (unpaired) electrons. The lowest BCUT2D eigenvalue weighted by atomic mass is 9.92. The summed E-state index contributed by atoms with van der Waals surface area (Å²) in [5, 5.41) is 4.64. The van der Waals surface area contributed by atoms with Crippen molar-refractivity contribution in [2.45, 2.75) is 33.2 Å². The third-order valence-corrected chi connectivity index (χ3v) is 3.71. The molecular weight excluding hydrogens is 288 g/mol. The van der Waals surface area contributed by atoms with Gasteiger partial charge in [0.1, 0.15) is 5.69 Å². The number of carbonyl (C=O) groups is 1. The van der Waals surface area contributed by atoms with Gasteiger partial charge in [-0.3, -0.25) is 9.48 Å². The molecule has 1 atom stereocenters. The van der Waals surface area contributed by atoms with Gasteiger partial charge >= 0.3 is 0 Å². The van der Waals surface area contributed by atoms with Crippen LogP contribution in [0.25, 0.3) is 0 Å². The largest absolute Gasteiger partial charge is 0.330 e. The molecule has 5 nitrogen and oxygen atoms in total. The van der Waals surface area contributed by atoms with Gasteiger partial charge in [-0.2, -0.15) is 5.10 Å². The molecule has 1 rings (SSSR count). The third kappa shape index (κ3) is 5.77. The second-order valence-corrected chi connectivity index (χ2v) is 6.63. The molecule has 21 heavy (non-hydrogen) atoms. The molecule has 1 heterocycles. The minimum atomic E-state index is 0.0346. The van der Waals surface area contributed by atoms with Crippen LogP contribution < -0.4 is 5.73 Å². The van der Waals surface area contributed by atoms with Gasteiger partial charge in [-0.25, -0.2) is 0 Å². The Morgan fingerprint density at radius 3 is 2.67 bits per heavy atom. The average Bonchev–Trinajstić information content (AvgIpc) is 2.76. The molecule has 0 spiro atoms. The van der Waals surface area contributed by atoms with Gasteiger partial charge in [0, 0.05) is 13.0 Å². The van der Waals surface area contributed by atoms with Gasteiger partial charge in [-0.1, -0.05) is 25.4 Å². The first-order valence-electron chi connectivity index (χ1n) is 7.44. The molecule has 0 aromatic carbocycles. The van der Waals surface area contributed by atoms with E-state index in [0.29, 0.717) is 36.1 Å². The number of rotatable bonds is 9. The highest BCUT2D eigenvalue weighted by atomic mass is 35.5. The molecule has 0 bridgehead atoms. The van der Waals surface area contributed by atoms with Crippen LogP contribution in [0, 0.1) is 11.8 Å². The van der Waals surface area contributed by atoms with Crippen LogP contribution in [0.15, 0.2) is 6.20 Å². The first-order chi connectivity index (χ1) is 9.85. The Hall–Kier alpha value is -0.910. The number of hydrogen-bond acceptors (Lipinski definition) is 4. The van der Waals surface area contributed by atoms with Gasteiger partial charge in [0.25, 0.3) is 0 Å². The van der Waals surface area contributed by atoms with E-state index < -0.39 is 0 Å². The fourth-order valence-corrected chi connectivity index (χ4v) is 2.64. The molecule has 0 aliphatic heterocycles. The maximum atomic E-state index is 12.5. The van der Waals surface area contributed by atoms with E-state index in [0.717, 1.165) is 13.0 Å². The molecule has 0 aliphatic rings. The fourth-order valence-electron chi connectivity index (χ4n) is 2.39. The molecule has 2 N–H and O–H groups in total. The summed E-state index contributed by atoms with van der Waals surface area (Å²) < 4.78 is 1.70. The summed E-state index contributed by atoms with van der Waals surface area (Å²) in [6.07, 6.45) is 2.93. The van der Waals surface area contributed by atoms with E-state index >= 15 is 0 Å². The molecule has 0 fully saturated rings. The molecule has 0 saturated carbocycles. The molecule has 1 unspecified atom stereocenters. The van der Waals surface area contributed by atoms with E-state index in [1.165, 1.54) is 0 Å². The standard InChI is InChI=1S/C15H27ClN4O/c1-11(2)7-12(9-17)8-14(21)15-13(16)10-18-20(15)6-5-19(3)4/h10-12H,5-9,17H2,1-4H3. The topological polar surface area (TPSA) is 64.2 Å². The number of halogens is 1. The van der Waals surface area contributed by atoms with E-state index in [2.05, 4.69) is 18.9 Å². The minimum Gasteiger partial charge on any atom is -0.330 e. The fraction of sp³-hybridized carbons (Fsp3) is 0.733. The lowest BCUT2D eigenvalue weighted by Crippen LogP contribution is -2.24. The Kier molecular flexibility index (Phi) is 7.35. The summed E-state index contributed by atoms with van der Waals surface area (Å²) >= 11 is 6.14. The third-order valence-electron chi connectivity index (χ3n) is 3.43. The van der Waals surface area contributed by atoms with E-state index in [-0.39, 0.29) is 11.7 Å². The van der Waals surface area contributed by atoms with Crippen LogP contribution in [-0.4, -0.2) is 47.6 Å². The highest BCUT2D eigenvalue weighted by molar-refractivity contribution is 6.33. The second kappa shape index (κ2) is 8.51. The van der Waals surface area contributed by atoms with Crippen molar-refractivity contribution in [3.8, 4) is 0 Å². The lowest BCUT2D eigenvalue weighted by molar-refractivity contribution is 0.0946. The summed E-state index contributed by atoms with van der Waals surface area (Å²) in [6.45, 7) is 6.26. The Labute approximate surface area is 132 Å². The van der Waals surface area contributed by atoms with Gasteiger partial charge in [-0.15, -0.1) is 0 Å². The molecule has 0 saturated heterocycles. The van der Waals surface area contributed by atoms with Crippen LogP contribution in [0.2, 0.25) is 5.02 Å². The number of Topliss-reactive ketones (excluding diaryl/α,β-unsaturated/α-hetero) is 1. The number of hydrogen-bond donors (Lipinski definition) is 1. The molecule has 0 amide bonds. The number of aromatic nitrogens is 2. The quantitative estimate of drug-likeness (QED) is 0.710. The molecule has 1 aromatic heterocycles. The zero-order valence-electron chi connectivity index (χ0n) is 13.5. The van der Waals surface area contributed by atoms with Gasteiger partial charge in [0.2, 0.25) is 0 Å². The summed E-state index contributed by atoms with van der Waals surface area (Å²) in [6, 6.07) is 0. The van der Waals surface area contributed by atoms with Crippen molar-refractivity contribution in [3.05, 3.63) is 16.9 Å². The summed E-state index contributed by atoms with van der Waals surface area (Å²) in [4.78, 5) is 14.6. The van der Waals surface area contributed by atoms with Crippen LogP contribution in [0.3, 0.4) is 0 Å². The van der Waals surface area contributed by atoms with E-state index in [4.69, 9.17) is 17.3 Å². The van der Waals surface area contributed by atoms with Gasteiger partial charge in [-0.05, 0) is 38.9 Å². The molecule has 6 heteroatoms. The van der Waals surface area contributed by atoms with Crippen LogP contribution >= 0.6 is 11.6 Å². The summed E-state index contributed by atoms with van der Waals surface area (Å²) in [5.41, 5.74) is 6.30. The maximum Gasteiger partial charge on any atom is 0.182 e. The SMILES string of the molecule is CC(C)CC(CN)CC(=O)c1c(Cl)cnn1CCN(C)C. The first kappa shape index (κ1) is 18.1. The Morgan fingerprint density at radius 2 is 2.14 bits per heavy atom. The van der Waals surface area contributed by atoms with Crippen molar-refractivity contribution < 1.29 is 4.79 Å². The van der Waals surface area contributed by atoms with Crippen molar-refractivity contribution in [1.82, 2.24) is 14.7 Å². The zero-order chi connectivity index (χ0) is 16.0. The predicted molar refractivity (Wildman–Crippen MR) is 86.7 cm³/mol. The zero-order valence-corrected chi connectivity index (χ0v) is 14.2. The van der Waals surface area contributed by atoms with Crippen molar-refractivity contribution in [1.29, 1.82) is 0 Å². The monoisotopic (exact) mass is 314 g/mol. The van der Waals surface area contributed by atoms with Gasteiger partial charge in [0.05, 0.1) is 17.8 Å². The molecule has 120 valence electrons. The van der Waals surface area contributed by atoms with Crippen molar-refractivity contribution in [2.75, 3.05) is 27.2 Å². The van der Waals surface area contributed by atoms with Crippen LogP contribution in [0.5, 0.6) is 0 Å². The molecular formula is C15H27ClN4O. The smallest absolute Gasteiger partial charge is 0.182 e. The minimum absolute atomic E-state index is 0.0346. The summed E-state index contributed by atoms with van der Waals surface area (Å²) in [7, 11) is 3.97. The Balaban J connectivity index is 2.78. The number of ketones is 1. The second-order valence-electron chi connectivity index (χ2n) is 6.23. The van der Waals surface area contributed by atoms with Gasteiger partial charge < -0.3 is 10.6 Å². The average molecular weight is 315 g/mol. The van der Waals surface area contributed by atoms with E-state index in [1.807, 2.05) is 19.0 Å². The Bertz CT molecular complexity index is 457. The van der Waals surface area contributed by atoms with Crippen molar-refractivity contribution in [2.24, 2.45) is 17.6 Å². The lowest BCUT2D eigenvalue weighted by Gasteiger charge is -2.17. The number of likely N-dealkylation sites (N-methyl/N-ethyl adjacent to an activating group) is 1. The number of nitrogens with two attached hydrogens (primary N) is 1.